The molecular weight excluding hydrogens is 407 g/mol. The maximum atomic E-state index is 6.91. The summed E-state index contributed by atoms with van der Waals surface area (Å²) < 4.78 is 6.89. The Morgan fingerprint density at radius 2 is 1.25 bits per heavy atom. The molecule has 0 fully saturated rings. The van der Waals surface area contributed by atoms with Gasteiger partial charge in [-0.25, -0.2) is 0 Å². The van der Waals surface area contributed by atoms with Crippen molar-refractivity contribution in [3.8, 4) is 0 Å². The number of allylic oxidation sites excluding steroid dienone is 2. The molecule has 2 atom stereocenters. The van der Waals surface area contributed by atoms with Gasteiger partial charge in [-0.2, -0.15) is 0 Å². The number of halogens is 1. The van der Waals surface area contributed by atoms with E-state index in [4.69, 9.17) is 11.6 Å². The van der Waals surface area contributed by atoms with Gasteiger partial charge in [-0.1, -0.05) is 0 Å². The van der Waals surface area contributed by atoms with Crippen molar-refractivity contribution in [3.63, 3.8) is 0 Å². The Morgan fingerprint density at radius 1 is 0.833 bits per heavy atom. The van der Waals surface area contributed by atoms with Crippen LogP contribution >= 0.6 is 11.6 Å². The van der Waals surface area contributed by atoms with E-state index in [0.717, 1.165) is 3.59 Å². The standard InChI is InChI=1S/2C9H7.CH2Cl.2CH3.H2Si.Zr/c2*1-2-5-9-7-3-6-8(9)4-1;1-2;;;;/h2*1-7H;1H2;2*1H3;1H2;. The summed E-state index contributed by atoms with van der Waals surface area (Å²) >= 11 is 2.99. The van der Waals surface area contributed by atoms with Crippen LogP contribution in [0.2, 0.25) is 9.26 Å². The summed E-state index contributed by atoms with van der Waals surface area (Å²) in [6.07, 6.45) is 9.52. The molecule has 0 aliphatic heterocycles. The molecule has 0 saturated heterocycles. The molecule has 0 radical (unpaired) electrons. The molecule has 4 rings (SSSR count). The monoisotopic (exact) mass is 429 g/mol. The average molecular weight is 431 g/mol. The third-order valence-corrected chi connectivity index (χ3v) is 38.5. The zero-order chi connectivity index (χ0) is 17.1. The quantitative estimate of drug-likeness (QED) is 0.439. The topological polar surface area (TPSA) is 0 Å². The van der Waals surface area contributed by atoms with Gasteiger partial charge in [0.25, 0.3) is 0 Å². The van der Waals surface area contributed by atoms with Crippen LogP contribution in [0.25, 0.3) is 12.2 Å². The van der Waals surface area contributed by atoms with Crippen molar-refractivity contribution < 1.29 is 15.9 Å². The molecule has 123 valence electrons. The fourth-order valence-corrected chi connectivity index (χ4v) is 24.5. The van der Waals surface area contributed by atoms with Gasteiger partial charge in [0.2, 0.25) is 0 Å². The Bertz CT molecular complexity index is 923. The van der Waals surface area contributed by atoms with Crippen molar-refractivity contribution in [2.24, 2.45) is 0 Å². The first-order chi connectivity index (χ1) is 11.3. The van der Waals surface area contributed by atoms with E-state index < -0.39 is 15.9 Å². The van der Waals surface area contributed by atoms with E-state index >= 15 is 0 Å². The summed E-state index contributed by atoms with van der Waals surface area (Å²) in [5.74, 6) is 0. The van der Waals surface area contributed by atoms with Gasteiger partial charge >= 0.3 is 150 Å². The molecule has 2 unspecified atom stereocenters. The van der Waals surface area contributed by atoms with Crippen molar-refractivity contribution in [1.82, 2.24) is 0 Å². The van der Waals surface area contributed by atoms with Crippen LogP contribution in [0.3, 0.4) is 0 Å². The summed E-state index contributed by atoms with van der Waals surface area (Å²) in [7, 11) is 0. The SMILES string of the molecule is [CH3][Zr]([CH3])(=[SiH2])([CH2]Cl)([CH]1C=Cc2ccccc21)[CH]1C=Cc2ccccc21. The molecule has 0 aromatic heterocycles. The minimum atomic E-state index is -3.93. The van der Waals surface area contributed by atoms with Gasteiger partial charge in [0.15, 0.2) is 0 Å². The third kappa shape index (κ3) is 2.13. The number of fused-ring (bicyclic) bond motifs is 2. The van der Waals surface area contributed by atoms with E-state index in [2.05, 4.69) is 89.0 Å². The molecule has 0 spiro atoms. The van der Waals surface area contributed by atoms with E-state index in [1.54, 1.807) is 0 Å². The second-order valence-corrected chi connectivity index (χ2v) is 52.0. The first-order valence-electron chi connectivity index (χ1n) is 8.69. The van der Waals surface area contributed by atoms with Crippen LogP contribution < -0.4 is 0 Å². The number of rotatable bonds is 3. The van der Waals surface area contributed by atoms with Crippen LogP contribution in [0.1, 0.15) is 29.5 Å². The van der Waals surface area contributed by atoms with Crippen molar-refractivity contribution in [2.45, 2.75) is 16.5 Å². The zero-order valence-corrected chi connectivity index (χ0v) is 19.0. The van der Waals surface area contributed by atoms with Crippen LogP contribution in [-0.2, 0) is 15.9 Å². The molecule has 2 aliphatic rings. The van der Waals surface area contributed by atoms with Crippen LogP contribution in [0, 0.1) is 0 Å². The molecule has 2 aromatic carbocycles. The molecule has 0 amide bonds. The summed E-state index contributed by atoms with van der Waals surface area (Å²) in [6.45, 7) is 2.29. The Labute approximate surface area is 148 Å². The van der Waals surface area contributed by atoms with Crippen molar-refractivity contribution in [3.05, 3.63) is 82.9 Å². The number of benzene rings is 2. The molecule has 0 N–H and O–H groups in total. The number of alkyl halides is 1. The molecular formula is C21H24ClSiZr. The second kappa shape index (κ2) is 4.93. The van der Waals surface area contributed by atoms with Crippen LogP contribution in [0.5, 0.6) is 0 Å². The molecule has 2 aromatic rings. The van der Waals surface area contributed by atoms with Gasteiger partial charge in [0.1, 0.15) is 0 Å². The maximum absolute atomic E-state index is 6.91. The fraction of sp³-hybridized carbons (Fsp3) is 0.238. The van der Waals surface area contributed by atoms with Crippen molar-refractivity contribution in [1.29, 1.82) is 0 Å². The van der Waals surface area contributed by atoms with Gasteiger partial charge in [-0.3, -0.25) is 0 Å². The number of hydrogen-bond acceptors (Lipinski definition) is 0. The van der Waals surface area contributed by atoms with Gasteiger partial charge < -0.3 is 0 Å². The fourth-order valence-electron chi connectivity index (χ4n) is 4.87. The molecule has 2 aliphatic carbocycles. The summed E-state index contributed by atoms with van der Waals surface area (Å²) in [5.41, 5.74) is 5.70. The minimum absolute atomic E-state index is 0.471. The summed E-state index contributed by atoms with van der Waals surface area (Å²) in [5, 5.41) is 0. The third-order valence-electron chi connectivity index (χ3n) is 6.60. The van der Waals surface area contributed by atoms with Crippen molar-refractivity contribution in [2.75, 3.05) is 3.59 Å². The summed E-state index contributed by atoms with van der Waals surface area (Å²) in [4.78, 5) is 0. The molecule has 0 nitrogen and oxygen atoms in total. The van der Waals surface area contributed by atoms with Gasteiger partial charge in [0, 0.05) is 0 Å². The van der Waals surface area contributed by atoms with Gasteiger partial charge in [-0.15, -0.1) is 0 Å². The predicted molar refractivity (Wildman–Crippen MR) is 107 cm³/mol. The first kappa shape index (κ1) is 16.8. The van der Waals surface area contributed by atoms with E-state index in [0.29, 0.717) is 7.25 Å². The average Bonchev–Trinajstić information content (AvgIpc) is 3.20. The van der Waals surface area contributed by atoms with Crippen LogP contribution in [-0.4, -0.2) is 10.5 Å². The molecule has 3 heteroatoms. The van der Waals surface area contributed by atoms with E-state index in [1.807, 2.05) is 0 Å². The van der Waals surface area contributed by atoms with Crippen LogP contribution in [0.15, 0.2) is 60.7 Å². The van der Waals surface area contributed by atoms with E-state index in [-0.39, 0.29) is 0 Å². The Morgan fingerprint density at radius 3 is 1.67 bits per heavy atom. The molecule has 0 heterocycles. The Balaban J connectivity index is 1.98. The van der Waals surface area contributed by atoms with Gasteiger partial charge in [0.05, 0.1) is 0 Å². The molecule has 24 heavy (non-hydrogen) atoms. The molecule has 0 saturated carbocycles. The van der Waals surface area contributed by atoms with E-state index in [9.17, 15) is 0 Å². The number of hydrogen-bond donors (Lipinski definition) is 0. The van der Waals surface area contributed by atoms with Crippen LogP contribution in [0.4, 0.5) is 0 Å². The zero-order valence-electron chi connectivity index (χ0n) is 14.4. The normalized spacial score (nSPS) is 24.3. The van der Waals surface area contributed by atoms with E-state index in [1.165, 1.54) is 22.3 Å². The van der Waals surface area contributed by atoms with Gasteiger partial charge in [-0.05, 0) is 0 Å². The summed E-state index contributed by atoms with van der Waals surface area (Å²) in [6, 6.07) is 17.7. The Kier molecular flexibility index (Phi) is 3.45. The van der Waals surface area contributed by atoms with Crippen molar-refractivity contribution >= 4 is 30.6 Å². The Hall–Kier alpha value is -0.690. The molecule has 0 bridgehead atoms. The second-order valence-electron chi connectivity index (χ2n) is 9.37. The predicted octanol–water partition coefficient (Wildman–Crippen LogP) is 5.59. The first-order valence-corrected chi connectivity index (χ1v) is 24.6.